The summed E-state index contributed by atoms with van der Waals surface area (Å²) >= 11 is 0. The van der Waals surface area contributed by atoms with Crippen molar-refractivity contribution in [2.75, 3.05) is 10.6 Å². The monoisotopic (exact) mass is 493 g/mol. The second-order valence-corrected chi connectivity index (χ2v) is 8.70. The number of carbonyl (C=O) groups excluding carboxylic acids is 1. The SMILES string of the molecule is CC1=Nc2ccccc2N/C(C)=C(/C(=O)c2ccc([N+](=O)[O-])cc2)C(C)=Nc2ccccc2N/C(C)=C\1. The molecule has 0 aliphatic carbocycles. The molecule has 0 amide bonds. The van der Waals surface area contributed by atoms with Crippen molar-refractivity contribution >= 4 is 45.6 Å². The fraction of sp³-hybridized carbons (Fsp3) is 0.138. The first kappa shape index (κ1) is 25.2. The van der Waals surface area contributed by atoms with Gasteiger partial charge >= 0.3 is 0 Å². The first-order valence-corrected chi connectivity index (χ1v) is 11.7. The molecule has 0 spiro atoms. The molecule has 8 heteroatoms. The van der Waals surface area contributed by atoms with Crippen LogP contribution >= 0.6 is 0 Å². The lowest BCUT2D eigenvalue weighted by Gasteiger charge is -2.17. The van der Waals surface area contributed by atoms with Gasteiger partial charge in [-0.05, 0) is 70.2 Å². The van der Waals surface area contributed by atoms with Crippen molar-refractivity contribution in [2.24, 2.45) is 9.98 Å². The zero-order chi connectivity index (χ0) is 26.5. The molecule has 2 N–H and O–H groups in total. The van der Waals surface area contributed by atoms with Crippen molar-refractivity contribution in [1.29, 1.82) is 0 Å². The quantitative estimate of drug-likeness (QED) is 0.225. The minimum absolute atomic E-state index is 0.0812. The van der Waals surface area contributed by atoms with Crippen LogP contribution in [0.2, 0.25) is 0 Å². The fourth-order valence-electron chi connectivity index (χ4n) is 4.12. The van der Waals surface area contributed by atoms with E-state index in [0.717, 1.165) is 28.5 Å². The Balaban J connectivity index is 1.92. The van der Waals surface area contributed by atoms with Gasteiger partial charge in [-0.2, -0.15) is 0 Å². The van der Waals surface area contributed by atoms with Gasteiger partial charge in [0.15, 0.2) is 5.78 Å². The van der Waals surface area contributed by atoms with Crippen LogP contribution in [0, 0.1) is 10.1 Å². The van der Waals surface area contributed by atoms with Crippen LogP contribution in [0.15, 0.2) is 106 Å². The van der Waals surface area contributed by atoms with Gasteiger partial charge in [-0.3, -0.25) is 24.9 Å². The number of aliphatic imine (C=N–C) groups is 2. The molecule has 0 atom stereocenters. The second-order valence-electron chi connectivity index (χ2n) is 8.70. The molecule has 3 aromatic carbocycles. The number of nitrogens with one attached hydrogen (secondary N) is 2. The lowest BCUT2D eigenvalue weighted by atomic mass is 9.97. The van der Waals surface area contributed by atoms with Gasteiger partial charge in [0, 0.05) is 34.8 Å². The van der Waals surface area contributed by atoms with Gasteiger partial charge in [0.1, 0.15) is 0 Å². The Labute approximate surface area is 215 Å². The highest BCUT2D eigenvalue weighted by Gasteiger charge is 2.21. The summed E-state index contributed by atoms with van der Waals surface area (Å²) in [6.07, 6.45) is 1.96. The first-order chi connectivity index (χ1) is 17.7. The number of ketones is 1. The van der Waals surface area contributed by atoms with Gasteiger partial charge < -0.3 is 10.6 Å². The molecule has 0 radical (unpaired) electrons. The van der Waals surface area contributed by atoms with E-state index in [1.54, 1.807) is 6.92 Å². The van der Waals surface area contributed by atoms with Gasteiger partial charge in [0.05, 0.1) is 39.0 Å². The Kier molecular flexibility index (Phi) is 7.39. The molecule has 0 saturated carbocycles. The molecule has 8 nitrogen and oxygen atoms in total. The summed E-state index contributed by atoms with van der Waals surface area (Å²) in [7, 11) is 0. The maximum atomic E-state index is 13.8. The van der Waals surface area contributed by atoms with Crippen molar-refractivity contribution < 1.29 is 9.72 Å². The van der Waals surface area contributed by atoms with E-state index in [1.165, 1.54) is 24.3 Å². The number of nitrogens with zero attached hydrogens (tertiary/aromatic N) is 3. The Morgan fingerprint density at radius 1 is 0.784 bits per heavy atom. The second kappa shape index (κ2) is 10.8. The number of anilines is 2. The van der Waals surface area contributed by atoms with Crippen molar-refractivity contribution in [3.8, 4) is 0 Å². The number of nitro benzene ring substituents is 1. The summed E-state index contributed by atoms with van der Waals surface area (Å²) in [4.78, 5) is 34.0. The van der Waals surface area contributed by atoms with Crippen LogP contribution < -0.4 is 10.6 Å². The number of non-ortho nitro benzene ring substituents is 1. The van der Waals surface area contributed by atoms with E-state index in [0.29, 0.717) is 28.2 Å². The summed E-state index contributed by atoms with van der Waals surface area (Å²) in [5.41, 5.74) is 6.29. The van der Waals surface area contributed by atoms with E-state index in [-0.39, 0.29) is 11.5 Å². The number of hydrogen-bond acceptors (Lipinski definition) is 7. The Morgan fingerprint density at radius 3 is 1.97 bits per heavy atom. The molecule has 4 rings (SSSR count). The number of para-hydroxylation sites is 4. The number of allylic oxidation sites excluding steroid dienone is 4. The van der Waals surface area contributed by atoms with E-state index in [4.69, 9.17) is 9.98 Å². The third-order valence-electron chi connectivity index (χ3n) is 5.78. The molecule has 1 heterocycles. The minimum atomic E-state index is -0.492. The van der Waals surface area contributed by atoms with Gasteiger partial charge in [-0.15, -0.1) is 0 Å². The summed E-state index contributed by atoms with van der Waals surface area (Å²) in [5, 5.41) is 17.8. The van der Waals surface area contributed by atoms with Crippen LogP contribution in [0.4, 0.5) is 28.4 Å². The number of Topliss-reactive ketones (excluding diaryl/α,β-unsaturated/α-hetero) is 1. The zero-order valence-corrected chi connectivity index (χ0v) is 21.1. The van der Waals surface area contributed by atoms with E-state index < -0.39 is 4.92 Å². The van der Waals surface area contributed by atoms with Crippen LogP contribution in [0.5, 0.6) is 0 Å². The molecule has 0 aromatic heterocycles. The standard InChI is InChI=1S/C29H27N5O3/c1-18-17-19(2)31-25-10-6-8-12-27(25)33-21(4)28(20(3)32-26-11-7-5-9-24(26)30-18)29(35)22-13-15-23(16-14-22)34(36)37/h5-17,30,33H,1-4H3/b18-17-,28-21+,31-19?,32-20?. The molecule has 1 aliphatic heterocycles. The number of rotatable bonds is 3. The molecule has 37 heavy (non-hydrogen) atoms. The molecular formula is C29H27N5O3. The molecular weight excluding hydrogens is 466 g/mol. The third-order valence-corrected chi connectivity index (χ3v) is 5.78. The molecule has 0 fully saturated rings. The number of benzene rings is 3. The Morgan fingerprint density at radius 2 is 1.35 bits per heavy atom. The fourth-order valence-corrected chi connectivity index (χ4v) is 4.12. The third kappa shape index (κ3) is 5.87. The minimum Gasteiger partial charge on any atom is -0.357 e. The van der Waals surface area contributed by atoms with Crippen molar-refractivity contribution in [1.82, 2.24) is 0 Å². The highest BCUT2D eigenvalue weighted by molar-refractivity contribution is 6.28. The highest BCUT2D eigenvalue weighted by Crippen LogP contribution is 2.31. The smallest absolute Gasteiger partial charge is 0.269 e. The van der Waals surface area contributed by atoms with Gasteiger partial charge in [0.2, 0.25) is 0 Å². The van der Waals surface area contributed by atoms with Gasteiger partial charge in [-0.1, -0.05) is 24.3 Å². The number of fused-ring (bicyclic) bond motifs is 2. The highest BCUT2D eigenvalue weighted by atomic mass is 16.6. The normalized spacial score (nSPS) is 17.4. The zero-order valence-electron chi connectivity index (χ0n) is 21.1. The van der Waals surface area contributed by atoms with Crippen LogP contribution in [-0.2, 0) is 0 Å². The van der Waals surface area contributed by atoms with Crippen LogP contribution in [0.25, 0.3) is 0 Å². The lowest BCUT2D eigenvalue weighted by molar-refractivity contribution is -0.384. The maximum absolute atomic E-state index is 13.8. The summed E-state index contributed by atoms with van der Waals surface area (Å²) in [6.45, 7) is 7.47. The largest absolute Gasteiger partial charge is 0.357 e. The Hall–Kier alpha value is -4.85. The lowest BCUT2D eigenvalue weighted by Crippen LogP contribution is -2.16. The van der Waals surface area contributed by atoms with Gasteiger partial charge in [-0.25, -0.2) is 0 Å². The van der Waals surface area contributed by atoms with Crippen molar-refractivity contribution in [2.45, 2.75) is 27.7 Å². The molecule has 186 valence electrons. The number of hydrogen-bond donors (Lipinski definition) is 2. The van der Waals surface area contributed by atoms with Gasteiger partial charge in [0.25, 0.3) is 5.69 Å². The van der Waals surface area contributed by atoms with E-state index in [2.05, 4.69) is 10.6 Å². The summed E-state index contributed by atoms with van der Waals surface area (Å²) in [6, 6.07) is 20.8. The summed E-state index contributed by atoms with van der Waals surface area (Å²) < 4.78 is 0. The topological polar surface area (TPSA) is 109 Å². The predicted molar refractivity (Wildman–Crippen MR) is 150 cm³/mol. The Bertz CT molecular complexity index is 1500. The summed E-state index contributed by atoms with van der Waals surface area (Å²) in [5.74, 6) is -0.299. The molecule has 3 aromatic rings. The van der Waals surface area contributed by atoms with Crippen molar-refractivity contribution in [3.63, 3.8) is 0 Å². The molecule has 0 bridgehead atoms. The number of nitro groups is 1. The van der Waals surface area contributed by atoms with E-state index in [1.807, 2.05) is 75.4 Å². The van der Waals surface area contributed by atoms with E-state index in [9.17, 15) is 14.9 Å². The maximum Gasteiger partial charge on any atom is 0.269 e. The van der Waals surface area contributed by atoms with Crippen LogP contribution in [0.1, 0.15) is 38.1 Å². The van der Waals surface area contributed by atoms with Crippen molar-refractivity contribution in [3.05, 3.63) is 112 Å². The van der Waals surface area contributed by atoms with Crippen LogP contribution in [0.3, 0.4) is 0 Å². The molecule has 0 saturated heterocycles. The van der Waals surface area contributed by atoms with Crippen LogP contribution in [-0.4, -0.2) is 22.1 Å². The first-order valence-electron chi connectivity index (χ1n) is 11.7. The average molecular weight is 494 g/mol. The number of carbonyl (C=O) groups is 1. The van der Waals surface area contributed by atoms with E-state index >= 15 is 0 Å². The molecule has 1 aliphatic rings. The average Bonchev–Trinajstić information content (AvgIpc) is 2.86. The molecule has 0 unspecified atom stereocenters. The predicted octanol–water partition coefficient (Wildman–Crippen LogP) is 7.38.